The monoisotopic (exact) mass is 487 g/mol. The first-order valence-electron chi connectivity index (χ1n) is 12.1. The third-order valence-electron chi connectivity index (χ3n) is 7.18. The second-order valence-corrected chi connectivity index (χ2v) is 11.7. The van der Waals surface area contributed by atoms with Crippen molar-refractivity contribution in [1.29, 1.82) is 0 Å². The van der Waals surface area contributed by atoms with Gasteiger partial charge in [-0.15, -0.1) is 0 Å². The standard InChI is InChI=1S/C25H35BFN3O5/c1-15-13-16(26-34-23(5,6)24(7,8)35-26)14-17-18(15)28-20(29-19(17)31)25(27)9-11-30(12-10-25)21(32)33-22(2,3)4/h13-14H,9-12H2,1-8H3,(H,28,29,31). The number of carbonyl (C=O) groups excluding carboxylic acids is 1. The lowest BCUT2D eigenvalue weighted by Crippen LogP contribution is -2.46. The summed E-state index contributed by atoms with van der Waals surface area (Å²) in [7, 11) is -0.619. The van der Waals surface area contributed by atoms with Gasteiger partial charge in [-0.25, -0.2) is 14.2 Å². The number of aromatic amines is 1. The van der Waals surface area contributed by atoms with Crippen LogP contribution in [0.4, 0.5) is 9.18 Å². The number of halogens is 1. The van der Waals surface area contributed by atoms with Crippen molar-refractivity contribution in [1.82, 2.24) is 14.9 Å². The van der Waals surface area contributed by atoms with Crippen molar-refractivity contribution >= 4 is 29.6 Å². The Bertz CT molecular complexity index is 1200. The van der Waals surface area contributed by atoms with Gasteiger partial charge in [-0.1, -0.05) is 6.07 Å². The Balaban J connectivity index is 1.60. The first kappa shape index (κ1) is 25.6. The van der Waals surface area contributed by atoms with Crippen LogP contribution in [-0.4, -0.2) is 58.0 Å². The van der Waals surface area contributed by atoms with Crippen LogP contribution in [0.2, 0.25) is 0 Å². The molecule has 0 unspecified atom stereocenters. The normalized spacial score (nSPS) is 21.4. The van der Waals surface area contributed by atoms with E-state index < -0.39 is 41.2 Å². The van der Waals surface area contributed by atoms with Crippen LogP contribution in [0, 0.1) is 6.92 Å². The van der Waals surface area contributed by atoms with E-state index in [0.29, 0.717) is 16.4 Å². The van der Waals surface area contributed by atoms with E-state index in [4.69, 9.17) is 14.0 Å². The van der Waals surface area contributed by atoms with Crippen molar-refractivity contribution in [2.24, 2.45) is 0 Å². The zero-order valence-corrected chi connectivity index (χ0v) is 21.9. The number of aryl methyl sites for hydroxylation is 1. The molecule has 0 spiro atoms. The second kappa shape index (κ2) is 8.30. The van der Waals surface area contributed by atoms with Gasteiger partial charge in [-0.2, -0.15) is 0 Å². The van der Waals surface area contributed by atoms with E-state index in [9.17, 15) is 9.59 Å². The molecule has 3 heterocycles. The summed E-state index contributed by atoms with van der Waals surface area (Å²) < 4.78 is 33.6. The lowest BCUT2D eigenvalue weighted by atomic mass is 9.77. The van der Waals surface area contributed by atoms with Crippen molar-refractivity contribution in [3.05, 3.63) is 33.9 Å². The molecule has 1 aromatic heterocycles. The molecule has 35 heavy (non-hydrogen) atoms. The predicted molar refractivity (Wildman–Crippen MR) is 133 cm³/mol. The Morgan fingerprint density at radius 3 is 2.26 bits per heavy atom. The number of carbonyl (C=O) groups is 1. The number of nitrogens with zero attached hydrogens (tertiary/aromatic N) is 2. The molecular formula is C25H35BFN3O5. The summed E-state index contributed by atoms with van der Waals surface area (Å²) in [6.45, 7) is 15.4. The fourth-order valence-corrected chi connectivity index (χ4v) is 4.38. The zero-order chi connectivity index (χ0) is 26.0. The molecule has 2 saturated heterocycles. The molecule has 10 heteroatoms. The Kier molecular flexibility index (Phi) is 6.08. The van der Waals surface area contributed by atoms with Gasteiger partial charge < -0.3 is 23.9 Å². The van der Waals surface area contributed by atoms with E-state index in [0.717, 1.165) is 5.56 Å². The molecule has 2 aliphatic rings. The van der Waals surface area contributed by atoms with Crippen LogP contribution in [-0.2, 0) is 19.7 Å². The first-order chi connectivity index (χ1) is 16.0. The van der Waals surface area contributed by atoms with Crippen molar-refractivity contribution in [3.8, 4) is 0 Å². The van der Waals surface area contributed by atoms with E-state index in [-0.39, 0.29) is 31.8 Å². The molecule has 1 amide bonds. The van der Waals surface area contributed by atoms with Crippen LogP contribution in [0.1, 0.15) is 72.7 Å². The molecule has 190 valence electrons. The van der Waals surface area contributed by atoms with Gasteiger partial charge in [-0.05, 0) is 72.5 Å². The van der Waals surface area contributed by atoms with E-state index in [1.165, 1.54) is 4.90 Å². The number of alkyl halides is 1. The molecular weight excluding hydrogens is 452 g/mol. The van der Waals surface area contributed by atoms with Gasteiger partial charge in [0.1, 0.15) is 11.4 Å². The molecule has 2 aliphatic heterocycles. The summed E-state index contributed by atoms with van der Waals surface area (Å²) in [5, 5.41) is 0.355. The minimum atomic E-state index is -1.84. The molecule has 1 N–H and O–H groups in total. The Labute approximate surface area is 205 Å². The number of likely N-dealkylation sites (tertiary alicyclic amines) is 1. The smallest absolute Gasteiger partial charge is 0.444 e. The fraction of sp³-hybridized carbons (Fsp3) is 0.640. The fourth-order valence-electron chi connectivity index (χ4n) is 4.38. The van der Waals surface area contributed by atoms with Crippen LogP contribution in [0.5, 0.6) is 0 Å². The van der Waals surface area contributed by atoms with Crippen LogP contribution in [0.3, 0.4) is 0 Å². The highest BCUT2D eigenvalue weighted by atomic mass is 19.1. The number of rotatable bonds is 2. The van der Waals surface area contributed by atoms with E-state index in [1.54, 1.807) is 26.8 Å². The molecule has 0 aliphatic carbocycles. The summed E-state index contributed by atoms with van der Waals surface area (Å²) in [6, 6.07) is 3.58. The highest BCUT2D eigenvalue weighted by Crippen LogP contribution is 2.37. The van der Waals surface area contributed by atoms with Gasteiger partial charge in [0.05, 0.1) is 22.1 Å². The third kappa shape index (κ3) is 4.82. The number of fused-ring (bicyclic) bond motifs is 1. The molecule has 0 radical (unpaired) electrons. The van der Waals surface area contributed by atoms with E-state index >= 15 is 4.39 Å². The number of piperidine rings is 1. The largest absolute Gasteiger partial charge is 0.494 e. The molecule has 0 bridgehead atoms. The van der Waals surface area contributed by atoms with Gasteiger partial charge in [-0.3, -0.25) is 4.79 Å². The van der Waals surface area contributed by atoms with Crippen molar-refractivity contribution < 1.29 is 23.2 Å². The topological polar surface area (TPSA) is 93.8 Å². The maximum atomic E-state index is 16.0. The maximum absolute atomic E-state index is 16.0. The van der Waals surface area contributed by atoms with Crippen molar-refractivity contribution in [2.45, 2.75) is 90.7 Å². The molecule has 4 rings (SSSR count). The van der Waals surface area contributed by atoms with E-state index in [2.05, 4.69) is 9.97 Å². The lowest BCUT2D eigenvalue weighted by molar-refractivity contribution is 0.000196. The maximum Gasteiger partial charge on any atom is 0.494 e. The summed E-state index contributed by atoms with van der Waals surface area (Å²) >= 11 is 0. The second-order valence-electron chi connectivity index (χ2n) is 11.7. The minimum Gasteiger partial charge on any atom is -0.444 e. The number of amides is 1. The molecule has 1 aromatic carbocycles. The summed E-state index contributed by atoms with van der Waals surface area (Å²) in [5.74, 6) is -0.00896. The SMILES string of the molecule is Cc1cc(B2OC(C)(C)C(C)(C)O2)cc2c(=O)[nH]c(C3(F)CCN(C(=O)OC(C)(C)C)CC3)nc12. The Morgan fingerprint density at radius 2 is 1.71 bits per heavy atom. The lowest BCUT2D eigenvalue weighted by Gasteiger charge is -2.36. The van der Waals surface area contributed by atoms with Gasteiger partial charge in [0, 0.05) is 25.9 Å². The quantitative estimate of drug-likeness (QED) is 0.649. The average Bonchev–Trinajstić information content (AvgIpc) is 2.94. The Morgan fingerprint density at radius 1 is 1.14 bits per heavy atom. The van der Waals surface area contributed by atoms with Gasteiger partial charge in [0.25, 0.3) is 5.56 Å². The molecule has 8 nitrogen and oxygen atoms in total. The average molecular weight is 487 g/mol. The number of nitrogens with one attached hydrogen (secondary N) is 1. The van der Waals surface area contributed by atoms with Gasteiger partial charge >= 0.3 is 13.2 Å². The number of hydrogen-bond acceptors (Lipinski definition) is 6. The molecule has 2 fully saturated rings. The number of H-pyrrole nitrogens is 1. The van der Waals surface area contributed by atoms with Gasteiger partial charge in [0.2, 0.25) is 0 Å². The summed E-state index contributed by atoms with van der Waals surface area (Å²) in [4.78, 5) is 34.1. The van der Waals surface area contributed by atoms with Crippen molar-refractivity contribution in [2.75, 3.05) is 13.1 Å². The first-order valence-corrected chi connectivity index (χ1v) is 12.1. The van der Waals surface area contributed by atoms with Crippen LogP contribution in [0.15, 0.2) is 16.9 Å². The zero-order valence-electron chi connectivity index (χ0n) is 21.9. The number of ether oxygens (including phenoxy) is 1. The highest BCUT2D eigenvalue weighted by molar-refractivity contribution is 6.62. The van der Waals surface area contributed by atoms with Crippen LogP contribution in [0.25, 0.3) is 10.9 Å². The summed E-state index contributed by atoms with van der Waals surface area (Å²) in [5.41, 5.74) is -2.02. The summed E-state index contributed by atoms with van der Waals surface area (Å²) in [6.07, 6.45) is -0.428. The van der Waals surface area contributed by atoms with Crippen molar-refractivity contribution in [3.63, 3.8) is 0 Å². The van der Waals surface area contributed by atoms with Crippen LogP contribution < -0.4 is 11.0 Å². The number of aromatic nitrogens is 2. The Hall–Kier alpha value is -2.46. The number of hydrogen-bond donors (Lipinski definition) is 1. The van der Waals surface area contributed by atoms with Gasteiger partial charge in [0.15, 0.2) is 5.67 Å². The minimum absolute atomic E-state index is 0.00896. The molecule has 0 atom stereocenters. The van der Waals surface area contributed by atoms with Crippen LogP contribution >= 0.6 is 0 Å². The number of benzene rings is 1. The molecule has 0 saturated carbocycles. The molecule has 2 aromatic rings. The third-order valence-corrected chi connectivity index (χ3v) is 7.18. The highest BCUT2D eigenvalue weighted by Gasteiger charge is 2.52. The predicted octanol–water partition coefficient (Wildman–Crippen LogP) is 3.73. The van der Waals surface area contributed by atoms with E-state index in [1.807, 2.05) is 40.7 Å².